The Balaban J connectivity index is 1.63. The molecule has 0 fully saturated rings. The normalized spacial score (nSPS) is 11.2. The highest BCUT2D eigenvalue weighted by atomic mass is 32.1. The van der Waals surface area contributed by atoms with E-state index in [1.807, 2.05) is 19.9 Å². The Morgan fingerprint density at radius 2 is 2.24 bits per heavy atom. The first-order valence-corrected chi connectivity index (χ1v) is 9.21. The van der Waals surface area contributed by atoms with Crippen LogP contribution in [0.25, 0.3) is 11.0 Å². The molecule has 7 nitrogen and oxygen atoms in total. The third kappa shape index (κ3) is 4.54. The number of aromatic nitrogens is 4. The summed E-state index contributed by atoms with van der Waals surface area (Å²) in [7, 11) is 0. The van der Waals surface area contributed by atoms with Gasteiger partial charge in [-0.2, -0.15) is 5.10 Å². The molecule has 3 aromatic rings. The van der Waals surface area contributed by atoms with Gasteiger partial charge in [0.05, 0.1) is 24.7 Å². The predicted octanol–water partition coefficient (Wildman–Crippen LogP) is 2.66. The van der Waals surface area contributed by atoms with Crippen LogP contribution in [0.1, 0.15) is 25.1 Å². The van der Waals surface area contributed by atoms with E-state index in [-0.39, 0.29) is 5.91 Å². The van der Waals surface area contributed by atoms with Gasteiger partial charge >= 0.3 is 0 Å². The van der Waals surface area contributed by atoms with Gasteiger partial charge in [0, 0.05) is 17.8 Å². The molecule has 2 N–H and O–H groups in total. The largest absolute Gasteiger partial charge is 0.364 e. The first-order chi connectivity index (χ1) is 12.1. The lowest BCUT2D eigenvalue weighted by Gasteiger charge is -2.08. The van der Waals surface area contributed by atoms with Crippen molar-refractivity contribution in [2.24, 2.45) is 5.92 Å². The summed E-state index contributed by atoms with van der Waals surface area (Å²) in [6.07, 6.45) is 3.84. The van der Waals surface area contributed by atoms with Gasteiger partial charge in [-0.15, -0.1) is 11.3 Å². The molecule has 0 radical (unpaired) electrons. The molecule has 132 valence electrons. The number of nitrogens with one attached hydrogen (secondary N) is 2. The fraction of sp³-hybridized carbons (Fsp3) is 0.412. The van der Waals surface area contributed by atoms with Gasteiger partial charge in [-0.25, -0.2) is 14.6 Å². The molecule has 0 bridgehead atoms. The number of rotatable bonds is 8. The number of carbonyl (C=O) groups is 1. The fourth-order valence-electron chi connectivity index (χ4n) is 2.53. The second-order valence-electron chi connectivity index (χ2n) is 6.21. The summed E-state index contributed by atoms with van der Waals surface area (Å²) in [5.74, 6) is 1.20. The van der Waals surface area contributed by atoms with E-state index in [4.69, 9.17) is 0 Å². The summed E-state index contributed by atoms with van der Waals surface area (Å²) in [4.78, 5) is 21.6. The van der Waals surface area contributed by atoms with Crippen molar-refractivity contribution in [2.45, 2.75) is 33.4 Å². The van der Waals surface area contributed by atoms with Crippen molar-refractivity contribution in [2.75, 3.05) is 11.9 Å². The summed E-state index contributed by atoms with van der Waals surface area (Å²) in [6.45, 7) is 5.89. The maximum Gasteiger partial charge on any atom is 0.220 e. The maximum atomic E-state index is 11.7. The van der Waals surface area contributed by atoms with E-state index in [1.54, 1.807) is 22.2 Å². The minimum absolute atomic E-state index is 0.0689. The van der Waals surface area contributed by atoms with Crippen LogP contribution in [0, 0.1) is 5.92 Å². The van der Waals surface area contributed by atoms with Gasteiger partial charge in [-0.05, 0) is 17.4 Å². The van der Waals surface area contributed by atoms with Gasteiger partial charge in [0.2, 0.25) is 5.91 Å². The van der Waals surface area contributed by atoms with Gasteiger partial charge in [0.25, 0.3) is 0 Å². The Morgan fingerprint density at radius 1 is 1.36 bits per heavy atom. The molecular weight excluding hydrogens is 336 g/mol. The minimum Gasteiger partial charge on any atom is -0.364 e. The molecule has 0 aliphatic rings. The summed E-state index contributed by atoms with van der Waals surface area (Å²) in [5.41, 5.74) is 0.766. The molecule has 25 heavy (non-hydrogen) atoms. The summed E-state index contributed by atoms with van der Waals surface area (Å²) >= 11 is 1.70. The number of amides is 1. The lowest BCUT2D eigenvalue weighted by molar-refractivity contribution is -0.121. The van der Waals surface area contributed by atoms with Crippen molar-refractivity contribution < 1.29 is 4.79 Å². The van der Waals surface area contributed by atoms with Crippen molar-refractivity contribution in [3.05, 3.63) is 34.9 Å². The first kappa shape index (κ1) is 17.3. The van der Waals surface area contributed by atoms with Crippen LogP contribution in [0.3, 0.4) is 0 Å². The van der Waals surface area contributed by atoms with Gasteiger partial charge in [0.15, 0.2) is 5.65 Å². The van der Waals surface area contributed by atoms with Gasteiger partial charge < -0.3 is 10.6 Å². The average Bonchev–Trinajstić information content (AvgIpc) is 3.22. The highest BCUT2D eigenvalue weighted by Gasteiger charge is 2.10. The van der Waals surface area contributed by atoms with Crippen molar-refractivity contribution in [1.82, 2.24) is 25.1 Å². The third-order valence-electron chi connectivity index (χ3n) is 3.68. The average molecular weight is 358 g/mol. The monoisotopic (exact) mass is 358 g/mol. The molecule has 0 unspecified atom stereocenters. The molecule has 3 rings (SSSR count). The molecule has 3 aromatic heterocycles. The first-order valence-electron chi connectivity index (χ1n) is 8.33. The van der Waals surface area contributed by atoms with Crippen LogP contribution in [-0.2, 0) is 17.9 Å². The Hall–Kier alpha value is -2.48. The minimum atomic E-state index is 0.0689. The van der Waals surface area contributed by atoms with Crippen molar-refractivity contribution >= 4 is 34.1 Å². The zero-order chi connectivity index (χ0) is 17.6. The molecule has 0 saturated heterocycles. The molecule has 0 aliphatic heterocycles. The molecule has 0 saturated carbocycles. The Morgan fingerprint density at radius 3 is 3.00 bits per heavy atom. The summed E-state index contributed by atoms with van der Waals surface area (Å²) < 4.78 is 1.79. The number of carbonyl (C=O) groups excluding carboxylic acids is 1. The number of fused-ring (bicyclic) bond motifs is 1. The third-order valence-corrected chi connectivity index (χ3v) is 4.56. The maximum absolute atomic E-state index is 11.7. The van der Waals surface area contributed by atoms with E-state index in [0.29, 0.717) is 25.4 Å². The van der Waals surface area contributed by atoms with Crippen LogP contribution in [-0.4, -0.2) is 32.2 Å². The fourth-order valence-corrected chi connectivity index (χ4v) is 3.17. The van der Waals surface area contributed by atoms with Crippen LogP contribution in [0.4, 0.5) is 5.82 Å². The van der Waals surface area contributed by atoms with Crippen molar-refractivity contribution in [3.63, 3.8) is 0 Å². The van der Waals surface area contributed by atoms with Crippen LogP contribution in [0.5, 0.6) is 0 Å². The summed E-state index contributed by atoms with van der Waals surface area (Å²) in [6, 6.07) is 4.11. The van der Waals surface area contributed by atoms with Crippen LogP contribution < -0.4 is 10.6 Å². The topological polar surface area (TPSA) is 84.7 Å². The number of nitrogens with zero attached hydrogens (tertiary/aromatic N) is 4. The molecule has 3 heterocycles. The van der Waals surface area contributed by atoms with Crippen molar-refractivity contribution in [3.8, 4) is 0 Å². The molecular formula is C17H22N6OS. The number of anilines is 1. The van der Waals surface area contributed by atoms with Gasteiger partial charge in [-0.1, -0.05) is 19.9 Å². The second kappa shape index (κ2) is 8.06. The van der Waals surface area contributed by atoms with Crippen LogP contribution in [0.15, 0.2) is 30.0 Å². The Kier molecular flexibility index (Phi) is 5.60. The van der Waals surface area contributed by atoms with Crippen LogP contribution >= 0.6 is 11.3 Å². The number of hydrogen-bond acceptors (Lipinski definition) is 6. The van der Waals surface area contributed by atoms with Crippen LogP contribution in [0.2, 0.25) is 0 Å². The standard InChI is InChI=1S/C17H22N6OS/c1-12(2)8-15(24)18-5-6-23-17-14(10-22-23)16(20-11-21-17)19-9-13-4-3-7-25-13/h3-4,7,10-12H,5-6,8-9H2,1-2H3,(H,18,24)(H,19,20,21). The van der Waals surface area contributed by atoms with E-state index in [2.05, 4.69) is 37.1 Å². The quantitative estimate of drug-likeness (QED) is 0.647. The van der Waals surface area contributed by atoms with Gasteiger partial charge in [-0.3, -0.25) is 4.79 Å². The smallest absolute Gasteiger partial charge is 0.220 e. The molecule has 0 spiro atoms. The Bertz CT molecular complexity index is 827. The van der Waals surface area contributed by atoms with E-state index in [1.165, 1.54) is 11.2 Å². The van der Waals surface area contributed by atoms with E-state index >= 15 is 0 Å². The predicted molar refractivity (Wildman–Crippen MR) is 99.4 cm³/mol. The molecule has 8 heteroatoms. The number of hydrogen-bond donors (Lipinski definition) is 2. The van der Waals surface area contributed by atoms with E-state index < -0.39 is 0 Å². The SMILES string of the molecule is CC(C)CC(=O)NCCn1ncc2c(NCc3cccs3)ncnc21. The highest BCUT2D eigenvalue weighted by molar-refractivity contribution is 7.09. The lowest BCUT2D eigenvalue weighted by Crippen LogP contribution is -2.28. The van der Waals surface area contributed by atoms with Gasteiger partial charge in [0.1, 0.15) is 12.1 Å². The zero-order valence-corrected chi connectivity index (χ0v) is 15.2. The lowest BCUT2D eigenvalue weighted by atomic mass is 10.1. The Labute approximate surface area is 150 Å². The molecule has 0 aliphatic carbocycles. The molecule has 0 atom stereocenters. The highest BCUT2D eigenvalue weighted by Crippen LogP contribution is 2.20. The number of thiophene rings is 1. The summed E-state index contributed by atoms with van der Waals surface area (Å²) in [5, 5.41) is 13.6. The molecule has 0 aromatic carbocycles. The van der Waals surface area contributed by atoms with E-state index in [0.717, 1.165) is 23.4 Å². The molecule has 1 amide bonds. The zero-order valence-electron chi connectivity index (χ0n) is 14.4. The second-order valence-corrected chi connectivity index (χ2v) is 7.24. The van der Waals surface area contributed by atoms with E-state index in [9.17, 15) is 4.79 Å². The van der Waals surface area contributed by atoms with Crippen molar-refractivity contribution in [1.29, 1.82) is 0 Å².